The molecular weight excluding hydrogens is 677 g/mol. The highest BCUT2D eigenvalue weighted by molar-refractivity contribution is 7.89. The summed E-state index contributed by atoms with van der Waals surface area (Å²) in [5, 5.41) is 9.64. The SMILES string of the molecule is Cc1ccc(S(=O)(=O)N2CCCN(S(=O)(=O)c3ccc(C)cc3)CCN(CC(=O)O)CCN(S(=O)(=O)c3ccc(C)cc3)CCC2)cc1. The van der Waals surface area contributed by atoms with E-state index in [1.54, 1.807) is 36.4 Å². The van der Waals surface area contributed by atoms with Gasteiger partial charge in [0.05, 0.1) is 21.2 Å². The highest BCUT2D eigenvalue weighted by Crippen LogP contribution is 2.22. The van der Waals surface area contributed by atoms with Crippen molar-refractivity contribution in [3.05, 3.63) is 89.5 Å². The Hall–Kier alpha value is -3.18. The number of hydrogen-bond donors (Lipinski definition) is 1. The molecule has 262 valence electrons. The number of sulfonamides is 3. The Morgan fingerprint density at radius 1 is 0.500 bits per heavy atom. The predicted molar refractivity (Wildman–Crippen MR) is 183 cm³/mol. The summed E-state index contributed by atoms with van der Waals surface area (Å²) in [6.07, 6.45) is 0.307. The first-order valence-corrected chi connectivity index (χ1v) is 20.1. The first-order chi connectivity index (χ1) is 22.6. The molecule has 3 aromatic carbocycles. The lowest BCUT2D eigenvalue weighted by atomic mass is 10.2. The summed E-state index contributed by atoms with van der Waals surface area (Å²) in [6.45, 7) is 4.93. The van der Waals surface area contributed by atoms with Crippen LogP contribution in [0.5, 0.6) is 0 Å². The number of rotatable bonds is 8. The van der Waals surface area contributed by atoms with Gasteiger partial charge in [0.15, 0.2) is 0 Å². The van der Waals surface area contributed by atoms with Crippen LogP contribution in [-0.4, -0.2) is 113 Å². The largest absolute Gasteiger partial charge is 0.480 e. The van der Waals surface area contributed by atoms with Crippen molar-refractivity contribution in [2.24, 2.45) is 0 Å². The van der Waals surface area contributed by atoms with Crippen LogP contribution in [0, 0.1) is 20.8 Å². The summed E-state index contributed by atoms with van der Waals surface area (Å²) in [5.74, 6) is -1.13. The molecule has 0 unspecified atom stereocenters. The van der Waals surface area contributed by atoms with Gasteiger partial charge in [0.1, 0.15) is 0 Å². The molecule has 1 aliphatic heterocycles. The van der Waals surface area contributed by atoms with Gasteiger partial charge in [-0.05, 0) is 70.0 Å². The molecule has 1 saturated heterocycles. The zero-order chi connectivity index (χ0) is 35.1. The van der Waals surface area contributed by atoms with Crippen molar-refractivity contribution in [3.8, 4) is 0 Å². The second-order valence-corrected chi connectivity index (χ2v) is 17.8. The molecular formula is C33H44N4O8S3. The van der Waals surface area contributed by atoms with Crippen LogP contribution in [0.15, 0.2) is 87.5 Å². The number of aliphatic carboxylic acids is 1. The first kappa shape index (κ1) is 37.6. The standard InChI is InChI=1S/C33H44N4O8S3/c1-27-6-12-30(13-7-27)46(40,41)35-18-4-20-36(47(42,43)31-14-8-28(2)9-15-31)24-22-34(26-33(38)39)23-25-37(21-5-19-35)48(44,45)32-16-10-29(3)11-17-32/h6-17H,4-5,18-26H2,1-3H3,(H,38,39). The molecule has 15 heteroatoms. The molecule has 0 radical (unpaired) electrons. The molecule has 1 aliphatic rings. The van der Waals surface area contributed by atoms with Crippen LogP contribution in [0.4, 0.5) is 0 Å². The molecule has 1 heterocycles. The smallest absolute Gasteiger partial charge is 0.317 e. The number of nitrogens with zero attached hydrogens (tertiary/aromatic N) is 4. The molecule has 48 heavy (non-hydrogen) atoms. The summed E-state index contributed by atoms with van der Waals surface area (Å²) in [7, 11) is -12.1. The molecule has 3 aromatic rings. The van der Waals surface area contributed by atoms with E-state index >= 15 is 0 Å². The molecule has 0 aliphatic carbocycles. The van der Waals surface area contributed by atoms with Crippen molar-refractivity contribution < 1.29 is 35.2 Å². The highest BCUT2D eigenvalue weighted by atomic mass is 32.2. The van der Waals surface area contributed by atoms with Crippen molar-refractivity contribution in [1.29, 1.82) is 0 Å². The predicted octanol–water partition coefficient (Wildman–Crippen LogP) is 3.16. The summed E-state index contributed by atoms with van der Waals surface area (Å²) in [6, 6.07) is 19.2. The van der Waals surface area contributed by atoms with Crippen molar-refractivity contribution in [2.75, 3.05) is 58.9 Å². The normalized spacial score (nSPS) is 17.9. The lowest BCUT2D eigenvalue weighted by Crippen LogP contribution is -2.46. The van der Waals surface area contributed by atoms with Gasteiger partial charge in [0.2, 0.25) is 30.1 Å². The van der Waals surface area contributed by atoms with E-state index in [0.29, 0.717) is 0 Å². The van der Waals surface area contributed by atoms with Crippen LogP contribution in [-0.2, 0) is 34.9 Å². The fourth-order valence-corrected chi connectivity index (χ4v) is 9.90. The van der Waals surface area contributed by atoms with E-state index in [9.17, 15) is 35.2 Å². The van der Waals surface area contributed by atoms with Crippen molar-refractivity contribution in [1.82, 2.24) is 17.8 Å². The van der Waals surface area contributed by atoms with Crippen LogP contribution >= 0.6 is 0 Å². The number of aryl methyl sites for hydroxylation is 3. The van der Waals surface area contributed by atoms with Gasteiger partial charge < -0.3 is 5.11 Å². The number of carbonyl (C=O) groups is 1. The van der Waals surface area contributed by atoms with Gasteiger partial charge in [-0.25, -0.2) is 25.3 Å². The minimum atomic E-state index is -4.03. The fourth-order valence-electron chi connectivity index (χ4n) is 5.45. The summed E-state index contributed by atoms with van der Waals surface area (Å²) < 4.78 is 86.8. The van der Waals surface area contributed by atoms with E-state index in [4.69, 9.17) is 0 Å². The van der Waals surface area contributed by atoms with Crippen molar-refractivity contribution >= 4 is 36.0 Å². The average molecular weight is 721 g/mol. The van der Waals surface area contributed by atoms with Gasteiger partial charge in [0, 0.05) is 52.4 Å². The van der Waals surface area contributed by atoms with Gasteiger partial charge in [-0.3, -0.25) is 9.69 Å². The molecule has 4 rings (SSSR count). The number of carboxylic acid groups (broad SMARTS) is 1. The Morgan fingerprint density at radius 2 is 0.771 bits per heavy atom. The Bertz CT molecular complexity index is 1770. The maximum Gasteiger partial charge on any atom is 0.317 e. The third-order valence-electron chi connectivity index (χ3n) is 8.30. The third kappa shape index (κ3) is 9.49. The zero-order valence-electron chi connectivity index (χ0n) is 27.5. The number of benzene rings is 3. The Morgan fingerprint density at radius 3 is 1.04 bits per heavy atom. The number of hydrogen-bond acceptors (Lipinski definition) is 8. The average Bonchev–Trinajstić information content (AvgIpc) is 3.02. The fraction of sp³-hybridized carbons (Fsp3) is 0.424. The second kappa shape index (κ2) is 16.0. The van der Waals surface area contributed by atoms with Gasteiger partial charge in [-0.15, -0.1) is 0 Å². The Labute approximate surface area is 284 Å². The zero-order valence-corrected chi connectivity index (χ0v) is 30.0. The topological polar surface area (TPSA) is 153 Å². The summed E-state index contributed by atoms with van der Waals surface area (Å²) in [5.41, 5.74) is 2.65. The van der Waals surface area contributed by atoms with Gasteiger partial charge in [0.25, 0.3) is 0 Å². The lowest BCUT2D eigenvalue weighted by Gasteiger charge is -2.31. The summed E-state index contributed by atoms with van der Waals surface area (Å²) >= 11 is 0. The van der Waals surface area contributed by atoms with Gasteiger partial charge in [-0.1, -0.05) is 53.1 Å². The highest BCUT2D eigenvalue weighted by Gasteiger charge is 2.30. The molecule has 0 atom stereocenters. The maximum atomic E-state index is 13.8. The molecule has 0 bridgehead atoms. The number of carboxylic acids is 1. The van der Waals surface area contributed by atoms with Crippen LogP contribution in [0.25, 0.3) is 0 Å². The minimum absolute atomic E-state index is 0.00896. The molecule has 12 nitrogen and oxygen atoms in total. The molecule has 0 amide bonds. The van der Waals surface area contributed by atoms with E-state index in [-0.39, 0.29) is 79.9 Å². The van der Waals surface area contributed by atoms with Crippen LogP contribution in [0.2, 0.25) is 0 Å². The molecule has 0 spiro atoms. The summed E-state index contributed by atoms with van der Waals surface area (Å²) in [4.78, 5) is 13.6. The van der Waals surface area contributed by atoms with E-state index in [2.05, 4.69) is 0 Å². The van der Waals surface area contributed by atoms with E-state index in [1.165, 1.54) is 54.2 Å². The minimum Gasteiger partial charge on any atom is -0.480 e. The molecule has 1 N–H and O–H groups in total. The Kier molecular flexibility index (Phi) is 12.6. The van der Waals surface area contributed by atoms with E-state index in [1.807, 2.05) is 20.8 Å². The van der Waals surface area contributed by atoms with Crippen molar-refractivity contribution in [2.45, 2.75) is 48.3 Å². The maximum absolute atomic E-state index is 13.8. The van der Waals surface area contributed by atoms with E-state index in [0.717, 1.165) is 16.7 Å². The Balaban J connectivity index is 1.71. The quantitative estimate of drug-likeness (QED) is 0.370. The van der Waals surface area contributed by atoms with Gasteiger partial charge in [-0.2, -0.15) is 12.9 Å². The van der Waals surface area contributed by atoms with Gasteiger partial charge >= 0.3 is 5.97 Å². The lowest BCUT2D eigenvalue weighted by molar-refractivity contribution is -0.138. The third-order valence-corrected chi connectivity index (χ3v) is 14.0. The van der Waals surface area contributed by atoms with Crippen LogP contribution in [0.3, 0.4) is 0 Å². The monoisotopic (exact) mass is 720 g/mol. The van der Waals surface area contributed by atoms with Crippen LogP contribution in [0.1, 0.15) is 29.5 Å². The first-order valence-electron chi connectivity index (χ1n) is 15.8. The molecule has 0 saturated carbocycles. The van der Waals surface area contributed by atoms with E-state index < -0.39 is 42.6 Å². The molecule has 1 fully saturated rings. The second-order valence-electron chi connectivity index (χ2n) is 12.0. The van der Waals surface area contributed by atoms with Crippen LogP contribution < -0.4 is 0 Å². The molecule has 0 aromatic heterocycles. The van der Waals surface area contributed by atoms with Crippen molar-refractivity contribution in [3.63, 3.8) is 0 Å².